The number of aliphatic hydroxyl groups is 2. The molecule has 0 bridgehead atoms. The molecular weight excluding hydrogens is 274 g/mol. The summed E-state index contributed by atoms with van der Waals surface area (Å²) in [5.41, 5.74) is 0. The zero-order valence-corrected chi connectivity index (χ0v) is 14.9. The highest BCUT2D eigenvalue weighted by Gasteiger charge is 2.31. The summed E-state index contributed by atoms with van der Waals surface area (Å²) >= 11 is 0. The molecule has 0 heterocycles. The maximum Gasteiger partial charge on any atom is 0.322 e. The van der Waals surface area contributed by atoms with Crippen LogP contribution in [0, 0.1) is 0 Å². The molecule has 0 aliphatic rings. The van der Waals surface area contributed by atoms with Crippen molar-refractivity contribution in [3.05, 3.63) is 0 Å². The Morgan fingerprint density at radius 1 is 0.850 bits per heavy atom. The fourth-order valence-electron chi connectivity index (χ4n) is 2.38. The van der Waals surface area contributed by atoms with Crippen molar-refractivity contribution in [3.63, 3.8) is 0 Å². The van der Waals surface area contributed by atoms with Gasteiger partial charge in [0, 0.05) is 25.3 Å². The van der Waals surface area contributed by atoms with E-state index in [0.29, 0.717) is 26.1 Å². The minimum atomic E-state index is -1.73. The second-order valence-electron chi connectivity index (χ2n) is 4.86. The monoisotopic (exact) mass is 307 g/mol. The van der Waals surface area contributed by atoms with Gasteiger partial charge in [0.2, 0.25) is 0 Å². The third-order valence-corrected chi connectivity index (χ3v) is 5.82. The van der Waals surface area contributed by atoms with Crippen LogP contribution in [-0.2, 0) is 8.85 Å². The molecule has 0 spiro atoms. The van der Waals surface area contributed by atoms with Crippen molar-refractivity contribution >= 4 is 9.28 Å². The SMILES string of the molecule is CCO[SiH](CC(CC)N(C(O)CC)C(O)CC)OCC. The van der Waals surface area contributed by atoms with E-state index < -0.39 is 21.7 Å². The fraction of sp³-hybridized carbons (Fsp3) is 1.00. The topological polar surface area (TPSA) is 62.2 Å². The van der Waals surface area contributed by atoms with E-state index in [9.17, 15) is 10.2 Å². The molecule has 0 aliphatic carbocycles. The van der Waals surface area contributed by atoms with Gasteiger partial charge >= 0.3 is 9.28 Å². The van der Waals surface area contributed by atoms with Gasteiger partial charge in [0.15, 0.2) is 0 Å². The first-order valence-electron chi connectivity index (χ1n) is 7.92. The largest absolute Gasteiger partial charge is 0.397 e. The molecule has 0 aromatic rings. The van der Waals surface area contributed by atoms with Crippen molar-refractivity contribution < 1.29 is 19.1 Å². The van der Waals surface area contributed by atoms with E-state index in [1.54, 1.807) is 0 Å². The van der Waals surface area contributed by atoms with Gasteiger partial charge in [0.25, 0.3) is 0 Å². The normalized spacial score (nSPS) is 16.6. The molecule has 2 N–H and O–H groups in total. The Hall–Kier alpha value is 0.0169. The van der Waals surface area contributed by atoms with Crippen molar-refractivity contribution in [1.29, 1.82) is 0 Å². The Balaban J connectivity index is 4.86. The number of nitrogens with zero attached hydrogens (tertiary/aromatic N) is 1. The number of hydrogen-bond donors (Lipinski definition) is 2. The second-order valence-corrected chi connectivity index (χ2v) is 6.86. The van der Waals surface area contributed by atoms with Crippen molar-refractivity contribution in [2.24, 2.45) is 0 Å². The van der Waals surface area contributed by atoms with Gasteiger partial charge in [-0.2, -0.15) is 0 Å². The Morgan fingerprint density at radius 2 is 1.30 bits per heavy atom. The third-order valence-electron chi connectivity index (χ3n) is 3.48. The van der Waals surface area contributed by atoms with Gasteiger partial charge < -0.3 is 19.1 Å². The van der Waals surface area contributed by atoms with Crippen molar-refractivity contribution in [1.82, 2.24) is 4.90 Å². The molecular formula is C14H33NO4Si. The predicted molar refractivity (Wildman–Crippen MR) is 83.7 cm³/mol. The maximum absolute atomic E-state index is 10.2. The molecule has 0 aromatic carbocycles. The molecule has 0 amide bonds. The molecule has 20 heavy (non-hydrogen) atoms. The predicted octanol–water partition coefficient (Wildman–Crippen LogP) is 1.82. The zero-order valence-electron chi connectivity index (χ0n) is 13.7. The molecule has 0 saturated heterocycles. The second kappa shape index (κ2) is 11.7. The number of hydrogen-bond acceptors (Lipinski definition) is 5. The van der Waals surface area contributed by atoms with Crippen LogP contribution < -0.4 is 0 Å². The lowest BCUT2D eigenvalue weighted by atomic mass is 10.1. The van der Waals surface area contributed by atoms with E-state index in [2.05, 4.69) is 6.92 Å². The van der Waals surface area contributed by atoms with Crippen molar-refractivity contribution in [2.75, 3.05) is 13.2 Å². The van der Waals surface area contributed by atoms with E-state index in [-0.39, 0.29) is 6.04 Å². The molecule has 0 rings (SSSR count). The summed E-state index contributed by atoms with van der Waals surface area (Å²) in [5.74, 6) is 0. The maximum atomic E-state index is 10.2. The molecule has 0 aromatic heterocycles. The number of rotatable bonds is 12. The van der Waals surface area contributed by atoms with Gasteiger partial charge in [0.1, 0.15) is 12.5 Å². The quantitative estimate of drug-likeness (QED) is 0.425. The number of aliphatic hydroxyl groups excluding tert-OH is 2. The summed E-state index contributed by atoms with van der Waals surface area (Å²) in [5, 5.41) is 20.4. The molecule has 0 aliphatic heterocycles. The average molecular weight is 308 g/mol. The van der Waals surface area contributed by atoms with E-state index in [1.165, 1.54) is 0 Å². The van der Waals surface area contributed by atoms with Crippen LogP contribution in [0.1, 0.15) is 53.9 Å². The van der Waals surface area contributed by atoms with Gasteiger partial charge in [-0.3, -0.25) is 0 Å². The lowest BCUT2D eigenvalue weighted by Crippen LogP contribution is -2.50. The highest BCUT2D eigenvalue weighted by Crippen LogP contribution is 2.20. The summed E-state index contributed by atoms with van der Waals surface area (Å²) in [6.45, 7) is 11.2. The van der Waals surface area contributed by atoms with E-state index >= 15 is 0 Å². The standard InChI is InChI=1S/C14H33NO4Si/c1-6-12(11-20(18-9-4)19-10-5)15(13(16)7-2)14(17)8-3/h12-14,16-17,20H,6-11H2,1-5H3. The van der Waals surface area contributed by atoms with Crippen LogP contribution in [0.5, 0.6) is 0 Å². The molecule has 0 saturated carbocycles. The van der Waals surface area contributed by atoms with E-state index in [1.807, 2.05) is 32.6 Å². The molecule has 5 nitrogen and oxygen atoms in total. The molecule has 3 atom stereocenters. The lowest BCUT2D eigenvalue weighted by Gasteiger charge is -2.38. The minimum absolute atomic E-state index is 0.0923. The summed E-state index contributed by atoms with van der Waals surface area (Å²) in [7, 11) is -1.73. The molecule has 0 fully saturated rings. The van der Waals surface area contributed by atoms with Crippen LogP contribution in [0.25, 0.3) is 0 Å². The van der Waals surface area contributed by atoms with Crippen LogP contribution in [0.4, 0.5) is 0 Å². The third kappa shape index (κ3) is 6.65. The van der Waals surface area contributed by atoms with Crippen LogP contribution in [0.2, 0.25) is 6.04 Å². The van der Waals surface area contributed by atoms with Gasteiger partial charge in [-0.25, -0.2) is 4.90 Å². The van der Waals surface area contributed by atoms with E-state index in [4.69, 9.17) is 8.85 Å². The highest BCUT2D eigenvalue weighted by atomic mass is 28.3. The van der Waals surface area contributed by atoms with Crippen LogP contribution in [0.15, 0.2) is 0 Å². The molecule has 6 heteroatoms. The highest BCUT2D eigenvalue weighted by molar-refractivity contribution is 6.44. The zero-order chi connectivity index (χ0) is 15.5. The molecule has 0 radical (unpaired) electrons. The first-order chi connectivity index (χ1) is 9.55. The Kier molecular flexibility index (Phi) is 11.7. The molecule has 3 unspecified atom stereocenters. The lowest BCUT2D eigenvalue weighted by molar-refractivity contribution is -0.125. The summed E-state index contributed by atoms with van der Waals surface area (Å²) in [4.78, 5) is 1.82. The van der Waals surface area contributed by atoms with Gasteiger partial charge in [0.05, 0.1) is 0 Å². The first kappa shape index (κ1) is 20.0. The van der Waals surface area contributed by atoms with Crippen LogP contribution in [0.3, 0.4) is 0 Å². The summed E-state index contributed by atoms with van der Waals surface area (Å²) in [6, 6.07) is 0.876. The summed E-state index contributed by atoms with van der Waals surface area (Å²) < 4.78 is 11.4. The minimum Gasteiger partial charge on any atom is -0.397 e. The Morgan fingerprint density at radius 3 is 1.60 bits per heavy atom. The van der Waals surface area contributed by atoms with Gasteiger partial charge in [-0.15, -0.1) is 0 Å². The Labute approximate surface area is 125 Å². The fourth-order valence-corrected chi connectivity index (χ4v) is 4.52. The van der Waals surface area contributed by atoms with Crippen LogP contribution >= 0.6 is 0 Å². The van der Waals surface area contributed by atoms with Crippen molar-refractivity contribution in [2.45, 2.75) is 78.4 Å². The smallest absolute Gasteiger partial charge is 0.322 e. The Bertz CT molecular complexity index is 217. The van der Waals surface area contributed by atoms with Gasteiger partial charge in [-0.1, -0.05) is 20.8 Å². The first-order valence-corrected chi connectivity index (χ1v) is 9.68. The summed E-state index contributed by atoms with van der Waals surface area (Å²) in [6.07, 6.45) is 0.824. The molecule has 122 valence electrons. The van der Waals surface area contributed by atoms with Gasteiger partial charge in [-0.05, 0) is 33.1 Å². The van der Waals surface area contributed by atoms with Crippen LogP contribution in [-0.4, -0.2) is 56.1 Å². The van der Waals surface area contributed by atoms with E-state index in [0.717, 1.165) is 12.5 Å². The average Bonchev–Trinajstić information content (AvgIpc) is 2.46. The van der Waals surface area contributed by atoms with Crippen molar-refractivity contribution in [3.8, 4) is 0 Å².